The molecule has 0 radical (unpaired) electrons. The van der Waals surface area contributed by atoms with E-state index in [0.717, 1.165) is 22.0 Å². The maximum Gasteiger partial charge on any atom is 0.323 e. The number of fused-ring (bicyclic) bond motifs is 2. The maximum atomic E-state index is 11.5. The molecule has 7 heteroatoms. The molecule has 23 heavy (non-hydrogen) atoms. The summed E-state index contributed by atoms with van der Waals surface area (Å²) in [5.74, 6) is 0.539. The predicted octanol–water partition coefficient (Wildman–Crippen LogP) is 3.07. The molecule has 0 atom stereocenters. The number of halogens is 1. The number of ether oxygens (including phenoxy) is 1. The molecule has 0 unspecified atom stereocenters. The van der Waals surface area contributed by atoms with Gasteiger partial charge in [0.1, 0.15) is 0 Å². The van der Waals surface area contributed by atoms with Crippen LogP contribution in [0.2, 0.25) is 5.02 Å². The van der Waals surface area contributed by atoms with Crippen molar-refractivity contribution in [2.45, 2.75) is 0 Å². The van der Waals surface area contributed by atoms with Gasteiger partial charge in [0.05, 0.1) is 34.9 Å². The van der Waals surface area contributed by atoms with E-state index in [-0.39, 0.29) is 5.69 Å². The van der Waals surface area contributed by atoms with Gasteiger partial charge < -0.3 is 19.3 Å². The minimum Gasteiger partial charge on any atom is -0.481 e. The molecule has 0 bridgehead atoms. The van der Waals surface area contributed by atoms with Crippen molar-refractivity contribution in [3.63, 3.8) is 0 Å². The largest absolute Gasteiger partial charge is 0.481 e. The van der Waals surface area contributed by atoms with E-state index >= 15 is 0 Å². The van der Waals surface area contributed by atoms with E-state index in [1.165, 1.54) is 0 Å². The summed E-state index contributed by atoms with van der Waals surface area (Å²) in [7, 11) is 3.53. The highest BCUT2D eigenvalue weighted by molar-refractivity contribution is 6.34. The zero-order valence-electron chi connectivity index (χ0n) is 12.5. The van der Waals surface area contributed by atoms with Gasteiger partial charge >= 0.3 is 5.69 Å². The molecule has 2 N–H and O–H groups in total. The molecule has 0 aliphatic heterocycles. The normalized spacial score (nSPS) is 11.4. The number of aryl methyl sites for hydroxylation is 1. The van der Waals surface area contributed by atoms with Crippen molar-refractivity contribution < 1.29 is 4.74 Å². The topological polar surface area (TPSA) is 75.7 Å². The molecule has 4 rings (SSSR count). The van der Waals surface area contributed by atoms with Crippen molar-refractivity contribution >= 4 is 33.5 Å². The summed E-state index contributed by atoms with van der Waals surface area (Å²) in [5.41, 5.74) is 3.91. The number of aromatic amines is 2. The Bertz CT molecular complexity index is 1110. The molecule has 0 saturated carbocycles. The Hall–Kier alpha value is -2.73. The number of methoxy groups -OCH3 is 1. The molecule has 0 amide bonds. The highest BCUT2D eigenvalue weighted by Crippen LogP contribution is 2.37. The lowest BCUT2D eigenvalue weighted by atomic mass is 10.0. The second-order valence-corrected chi connectivity index (χ2v) is 5.76. The molecule has 0 spiro atoms. The Morgan fingerprint density at radius 1 is 1.17 bits per heavy atom. The lowest BCUT2D eigenvalue weighted by Crippen LogP contribution is -1.99. The third kappa shape index (κ3) is 2.10. The van der Waals surface area contributed by atoms with Crippen LogP contribution in [-0.2, 0) is 7.05 Å². The Morgan fingerprint density at radius 3 is 2.65 bits per heavy atom. The number of H-pyrrole nitrogens is 2. The minimum atomic E-state index is -0.253. The molecule has 6 nitrogen and oxygen atoms in total. The average Bonchev–Trinajstić information content (AvgIpc) is 3.05. The second kappa shape index (κ2) is 4.89. The van der Waals surface area contributed by atoms with Crippen molar-refractivity contribution in [1.29, 1.82) is 0 Å². The molecule has 4 aromatic rings. The molecule has 0 aliphatic carbocycles. The van der Waals surface area contributed by atoms with Crippen molar-refractivity contribution in [1.82, 2.24) is 19.5 Å². The van der Waals surface area contributed by atoms with Gasteiger partial charge in [0.25, 0.3) is 0 Å². The van der Waals surface area contributed by atoms with E-state index in [9.17, 15) is 4.79 Å². The van der Waals surface area contributed by atoms with Crippen LogP contribution in [0.15, 0.2) is 35.4 Å². The Labute approximate surface area is 135 Å². The van der Waals surface area contributed by atoms with Crippen LogP contribution in [0.4, 0.5) is 0 Å². The van der Waals surface area contributed by atoms with E-state index in [0.29, 0.717) is 21.9 Å². The Kier molecular flexibility index (Phi) is 2.96. The standard InChI is InChI=1S/C16H13ClN4O2/c1-21-7-10(9-4-15(23-2)18-6-14(9)21)8-3-12-13(5-11(8)17)20-16(22)19-12/h3-7H,1-2H3,(H2,19,20,22). The molecule has 3 heterocycles. The van der Waals surface area contributed by atoms with Gasteiger partial charge in [0.15, 0.2) is 0 Å². The van der Waals surface area contributed by atoms with E-state index in [4.69, 9.17) is 16.3 Å². The predicted molar refractivity (Wildman–Crippen MR) is 90.2 cm³/mol. The first-order chi connectivity index (χ1) is 11.1. The van der Waals surface area contributed by atoms with Gasteiger partial charge in [-0.1, -0.05) is 11.6 Å². The van der Waals surface area contributed by atoms with Crippen LogP contribution in [0.3, 0.4) is 0 Å². The Balaban J connectivity index is 2.05. The van der Waals surface area contributed by atoms with Gasteiger partial charge in [-0.05, 0) is 12.1 Å². The third-order valence-electron chi connectivity index (χ3n) is 3.95. The summed E-state index contributed by atoms with van der Waals surface area (Å²) in [6.07, 6.45) is 3.76. The van der Waals surface area contributed by atoms with Crippen molar-refractivity contribution in [3.8, 4) is 17.0 Å². The number of imidazole rings is 1. The zero-order valence-corrected chi connectivity index (χ0v) is 13.2. The van der Waals surface area contributed by atoms with Gasteiger partial charge in [-0.25, -0.2) is 9.78 Å². The van der Waals surface area contributed by atoms with Crippen LogP contribution >= 0.6 is 11.6 Å². The van der Waals surface area contributed by atoms with Gasteiger partial charge in [-0.2, -0.15) is 0 Å². The van der Waals surface area contributed by atoms with Crippen molar-refractivity contribution in [2.75, 3.05) is 7.11 Å². The molecule has 0 aliphatic rings. The number of rotatable bonds is 2. The molecule has 0 fully saturated rings. The molecular weight excluding hydrogens is 316 g/mol. The van der Waals surface area contributed by atoms with Crippen LogP contribution in [0, 0.1) is 0 Å². The number of benzene rings is 1. The number of hydrogen-bond donors (Lipinski definition) is 2. The molecule has 116 valence electrons. The van der Waals surface area contributed by atoms with Gasteiger partial charge in [0.2, 0.25) is 5.88 Å². The SMILES string of the molecule is COc1cc2c(-c3cc4[nH]c(=O)[nH]c4cc3Cl)cn(C)c2cn1. The smallest absolute Gasteiger partial charge is 0.323 e. The van der Waals surface area contributed by atoms with Crippen molar-refractivity contribution in [3.05, 3.63) is 46.1 Å². The van der Waals surface area contributed by atoms with E-state index in [1.807, 2.05) is 29.9 Å². The lowest BCUT2D eigenvalue weighted by molar-refractivity contribution is 0.398. The zero-order chi connectivity index (χ0) is 16.1. The first-order valence-electron chi connectivity index (χ1n) is 6.98. The maximum absolute atomic E-state index is 11.5. The van der Waals surface area contributed by atoms with Gasteiger partial charge in [-0.15, -0.1) is 0 Å². The fourth-order valence-corrected chi connectivity index (χ4v) is 3.11. The Morgan fingerprint density at radius 2 is 1.91 bits per heavy atom. The molecule has 1 aromatic carbocycles. The molecular formula is C16H13ClN4O2. The number of pyridine rings is 1. The van der Waals surface area contributed by atoms with Gasteiger partial charge in [-0.3, -0.25) is 0 Å². The summed E-state index contributed by atoms with van der Waals surface area (Å²) < 4.78 is 7.20. The summed E-state index contributed by atoms with van der Waals surface area (Å²) >= 11 is 6.44. The van der Waals surface area contributed by atoms with Crippen molar-refractivity contribution in [2.24, 2.45) is 7.05 Å². The van der Waals surface area contributed by atoms with Crippen LogP contribution in [0.5, 0.6) is 5.88 Å². The monoisotopic (exact) mass is 328 g/mol. The first kappa shape index (κ1) is 13.9. The quantitative estimate of drug-likeness (QED) is 0.593. The first-order valence-corrected chi connectivity index (χ1v) is 7.35. The highest BCUT2D eigenvalue weighted by Gasteiger charge is 2.14. The minimum absolute atomic E-state index is 0.253. The molecule has 0 saturated heterocycles. The fraction of sp³-hybridized carbons (Fsp3) is 0.125. The summed E-state index contributed by atoms with van der Waals surface area (Å²) in [6.45, 7) is 0. The fourth-order valence-electron chi connectivity index (χ4n) is 2.85. The van der Waals surface area contributed by atoms with Crippen LogP contribution in [0.25, 0.3) is 33.1 Å². The molecule has 3 aromatic heterocycles. The summed E-state index contributed by atoms with van der Waals surface area (Å²) in [6, 6.07) is 5.50. The van der Waals surface area contributed by atoms with E-state index in [2.05, 4.69) is 15.0 Å². The van der Waals surface area contributed by atoms with Gasteiger partial charge in [0, 0.05) is 35.8 Å². The highest BCUT2D eigenvalue weighted by atomic mass is 35.5. The summed E-state index contributed by atoms with van der Waals surface area (Å²) in [5, 5.41) is 1.55. The summed E-state index contributed by atoms with van der Waals surface area (Å²) in [4.78, 5) is 21.2. The lowest BCUT2D eigenvalue weighted by Gasteiger charge is -2.04. The second-order valence-electron chi connectivity index (χ2n) is 5.35. The van der Waals surface area contributed by atoms with Crippen LogP contribution < -0.4 is 10.4 Å². The number of hydrogen-bond acceptors (Lipinski definition) is 3. The number of nitrogens with zero attached hydrogens (tertiary/aromatic N) is 2. The van der Waals surface area contributed by atoms with E-state index in [1.54, 1.807) is 19.4 Å². The number of nitrogens with one attached hydrogen (secondary N) is 2. The average molecular weight is 329 g/mol. The van der Waals surface area contributed by atoms with Crippen LogP contribution in [0.1, 0.15) is 0 Å². The van der Waals surface area contributed by atoms with E-state index < -0.39 is 0 Å². The number of aromatic nitrogens is 4. The third-order valence-corrected chi connectivity index (χ3v) is 4.27. The van der Waals surface area contributed by atoms with Crippen LogP contribution in [-0.4, -0.2) is 26.6 Å².